The van der Waals surface area contributed by atoms with E-state index >= 15 is 0 Å². The molecule has 2 N–H and O–H groups in total. The van der Waals surface area contributed by atoms with Crippen LogP contribution in [0.1, 0.15) is 5.56 Å². The Bertz CT molecular complexity index is 574. The molecule has 0 aliphatic rings. The Balaban J connectivity index is 2.31. The van der Waals surface area contributed by atoms with Crippen molar-refractivity contribution in [3.63, 3.8) is 0 Å². The molecule has 2 rings (SSSR count). The Morgan fingerprint density at radius 2 is 2.11 bits per heavy atom. The summed E-state index contributed by atoms with van der Waals surface area (Å²) in [6, 6.07) is 6.18. The number of anilines is 1. The number of benzene rings is 1. The van der Waals surface area contributed by atoms with E-state index in [0.29, 0.717) is 23.1 Å². The van der Waals surface area contributed by atoms with Gasteiger partial charge in [0.1, 0.15) is 11.6 Å². The molecular formula is C13H15FN4O. The van der Waals surface area contributed by atoms with Crippen molar-refractivity contribution in [1.82, 2.24) is 9.97 Å². The minimum Gasteiger partial charge on any atom is -0.438 e. The van der Waals surface area contributed by atoms with Crippen LogP contribution in [-0.4, -0.2) is 24.1 Å². The van der Waals surface area contributed by atoms with Crippen molar-refractivity contribution in [2.24, 2.45) is 5.73 Å². The normalized spacial score (nSPS) is 10.3. The number of hydrogen-bond acceptors (Lipinski definition) is 5. The largest absolute Gasteiger partial charge is 0.438 e. The summed E-state index contributed by atoms with van der Waals surface area (Å²) in [6.07, 6.45) is 1.58. The number of nitrogens with two attached hydrogens (primary N) is 1. The van der Waals surface area contributed by atoms with E-state index in [-0.39, 0.29) is 12.4 Å². The predicted molar refractivity (Wildman–Crippen MR) is 70.7 cm³/mol. The number of hydrogen-bond donors (Lipinski definition) is 1. The van der Waals surface area contributed by atoms with Crippen molar-refractivity contribution in [3.05, 3.63) is 41.8 Å². The fraction of sp³-hybridized carbons (Fsp3) is 0.231. The highest BCUT2D eigenvalue weighted by atomic mass is 19.1. The number of nitrogens with zero attached hydrogens (tertiary/aromatic N) is 3. The molecule has 0 amide bonds. The third-order valence-corrected chi connectivity index (χ3v) is 2.51. The molecule has 0 fully saturated rings. The first-order valence-corrected chi connectivity index (χ1v) is 5.77. The monoisotopic (exact) mass is 262 g/mol. The summed E-state index contributed by atoms with van der Waals surface area (Å²) in [5, 5.41) is 0. The van der Waals surface area contributed by atoms with Crippen LogP contribution in [0.3, 0.4) is 0 Å². The van der Waals surface area contributed by atoms with Gasteiger partial charge < -0.3 is 15.4 Å². The van der Waals surface area contributed by atoms with Crippen LogP contribution in [0.25, 0.3) is 0 Å². The molecule has 100 valence electrons. The first kappa shape index (κ1) is 13.2. The van der Waals surface area contributed by atoms with Gasteiger partial charge in [0.2, 0.25) is 11.8 Å². The topological polar surface area (TPSA) is 64.3 Å². The molecular weight excluding hydrogens is 247 g/mol. The summed E-state index contributed by atoms with van der Waals surface area (Å²) >= 11 is 0. The molecule has 0 spiro atoms. The fourth-order valence-corrected chi connectivity index (χ4v) is 1.55. The van der Waals surface area contributed by atoms with E-state index < -0.39 is 0 Å². The molecule has 0 radical (unpaired) electrons. The van der Waals surface area contributed by atoms with Crippen molar-refractivity contribution >= 4 is 5.95 Å². The van der Waals surface area contributed by atoms with E-state index in [1.807, 2.05) is 14.1 Å². The highest BCUT2D eigenvalue weighted by Crippen LogP contribution is 2.26. The van der Waals surface area contributed by atoms with Crippen molar-refractivity contribution in [2.75, 3.05) is 19.0 Å². The average molecular weight is 262 g/mol. The van der Waals surface area contributed by atoms with Gasteiger partial charge in [-0.1, -0.05) is 6.07 Å². The van der Waals surface area contributed by atoms with Crippen molar-refractivity contribution in [2.45, 2.75) is 6.54 Å². The Kier molecular flexibility index (Phi) is 3.91. The van der Waals surface area contributed by atoms with E-state index in [0.717, 1.165) is 0 Å². The third-order valence-electron chi connectivity index (χ3n) is 2.51. The summed E-state index contributed by atoms with van der Waals surface area (Å²) in [6.45, 7) is 0.0631. The quantitative estimate of drug-likeness (QED) is 0.912. The molecule has 0 atom stereocenters. The van der Waals surface area contributed by atoms with Crippen LogP contribution in [0.5, 0.6) is 11.6 Å². The van der Waals surface area contributed by atoms with Crippen LogP contribution in [-0.2, 0) is 6.54 Å². The molecule has 1 heterocycles. The zero-order valence-electron chi connectivity index (χ0n) is 10.8. The van der Waals surface area contributed by atoms with Gasteiger partial charge in [-0.3, -0.25) is 0 Å². The Hall–Kier alpha value is -2.21. The van der Waals surface area contributed by atoms with Gasteiger partial charge >= 0.3 is 0 Å². The maximum Gasteiger partial charge on any atom is 0.228 e. The molecule has 5 nitrogen and oxygen atoms in total. The lowest BCUT2D eigenvalue weighted by molar-refractivity contribution is 0.449. The van der Waals surface area contributed by atoms with Crippen molar-refractivity contribution in [1.29, 1.82) is 0 Å². The fourth-order valence-electron chi connectivity index (χ4n) is 1.55. The van der Waals surface area contributed by atoms with Gasteiger partial charge in [0, 0.05) is 38.5 Å². The van der Waals surface area contributed by atoms with Crippen LogP contribution in [0, 0.1) is 5.82 Å². The van der Waals surface area contributed by atoms with E-state index in [9.17, 15) is 4.39 Å². The number of aromatic nitrogens is 2. The van der Waals surface area contributed by atoms with E-state index in [1.165, 1.54) is 6.07 Å². The maximum atomic E-state index is 13.6. The zero-order valence-corrected chi connectivity index (χ0v) is 10.8. The molecule has 2 aromatic rings. The molecule has 0 aliphatic heterocycles. The SMILES string of the molecule is CN(C)c1nccc(Oc2cccc(F)c2CN)n1. The van der Waals surface area contributed by atoms with Gasteiger partial charge in [0.05, 0.1) is 0 Å². The second-order valence-corrected chi connectivity index (χ2v) is 4.11. The van der Waals surface area contributed by atoms with Crippen LogP contribution < -0.4 is 15.4 Å². The van der Waals surface area contributed by atoms with Crippen LogP contribution in [0.15, 0.2) is 30.5 Å². The molecule has 0 saturated heterocycles. The van der Waals surface area contributed by atoms with Gasteiger partial charge in [-0.2, -0.15) is 4.98 Å². The predicted octanol–water partition coefficient (Wildman–Crippen LogP) is 1.93. The Morgan fingerprint density at radius 1 is 1.32 bits per heavy atom. The molecule has 1 aromatic heterocycles. The van der Waals surface area contributed by atoms with Crippen LogP contribution in [0.4, 0.5) is 10.3 Å². The number of halogens is 1. The third kappa shape index (κ3) is 2.97. The standard InChI is InChI=1S/C13H15FN4O/c1-18(2)13-16-7-6-12(17-13)19-11-5-3-4-10(14)9(11)8-15/h3-7H,8,15H2,1-2H3. The molecule has 0 bridgehead atoms. The number of ether oxygens (including phenoxy) is 1. The molecule has 0 saturated carbocycles. The van der Waals surface area contributed by atoms with E-state index in [1.54, 1.807) is 29.3 Å². The molecule has 19 heavy (non-hydrogen) atoms. The molecule has 1 aromatic carbocycles. The number of rotatable bonds is 4. The molecule has 6 heteroatoms. The molecule has 0 aliphatic carbocycles. The highest BCUT2D eigenvalue weighted by Gasteiger charge is 2.10. The van der Waals surface area contributed by atoms with Gasteiger partial charge in [-0.05, 0) is 12.1 Å². The molecule has 0 unspecified atom stereocenters. The summed E-state index contributed by atoms with van der Waals surface area (Å²) in [4.78, 5) is 10.0. The Labute approximate surface area is 110 Å². The summed E-state index contributed by atoms with van der Waals surface area (Å²) < 4.78 is 19.1. The highest BCUT2D eigenvalue weighted by molar-refractivity contribution is 5.38. The van der Waals surface area contributed by atoms with Gasteiger partial charge in [0.25, 0.3) is 0 Å². The van der Waals surface area contributed by atoms with Gasteiger partial charge in [-0.25, -0.2) is 9.37 Å². The lowest BCUT2D eigenvalue weighted by Gasteiger charge is -2.13. The first-order valence-electron chi connectivity index (χ1n) is 5.77. The first-order chi connectivity index (χ1) is 9.11. The van der Waals surface area contributed by atoms with Gasteiger partial charge in [0.15, 0.2) is 0 Å². The summed E-state index contributed by atoms with van der Waals surface area (Å²) in [5.74, 6) is 0.843. The minimum atomic E-state index is -0.387. The van der Waals surface area contributed by atoms with Crippen LogP contribution >= 0.6 is 0 Å². The Morgan fingerprint density at radius 3 is 2.79 bits per heavy atom. The second-order valence-electron chi connectivity index (χ2n) is 4.11. The lowest BCUT2D eigenvalue weighted by Crippen LogP contribution is -2.12. The summed E-state index contributed by atoms with van der Waals surface area (Å²) in [5.41, 5.74) is 5.85. The smallest absolute Gasteiger partial charge is 0.228 e. The van der Waals surface area contributed by atoms with Crippen LogP contribution in [0.2, 0.25) is 0 Å². The van der Waals surface area contributed by atoms with Gasteiger partial charge in [-0.15, -0.1) is 0 Å². The average Bonchev–Trinajstić information content (AvgIpc) is 2.39. The van der Waals surface area contributed by atoms with E-state index in [4.69, 9.17) is 10.5 Å². The van der Waals surface area contributed by atoms with E-state index in [2.05, 4.69) is 9.97 Å². The maximum absolute atomic E-state index is 13.6. The summed E-state index contributed by atoms with van der Waals surface area (Å²) in [7, 11) is 3.65. The second kappa shape index (κ2) is 5.62. The lowest BCUT2D eigenvalue weighted by atomic mass is 10.2. The van der Waals surface area contributed by atoms with Crippen molar-refractivity contribution in [3.8, 4) is 11.6 Å². The zero-order chi connectivity index (χ0) is 13.8. The minimum absolute atomic E-state index is 0.0631. The van der Waals surface area contributed by atoms with Crippen molar-refractivity contribution < 1.29 is 9.13 Å².